The lowest BCUT2D eigenvalue weighted by Gasteiger charge is -2.25. The van der Waals surface area contributed by atoms with E-state index < -0.39 is 5.82 Å². The first-order valence-electron chi connectivity index (χ1n) is 11.7. The fraction of sp³-hybridized carbons (Fsp3) is 0.400. The van der Waals surface area contributed by atoms with Gasteiger partial charge in [-0.2, -0.15) is 0 Å². The van der Waals surface area contributed by atoms with E-state index in [1.165, 1.54) is 28.8 Å². The van der Waals surface area contributed by atoms with Gasteiger partial charge >= 0.3 is 0 Å². The lowest BCUT2D eigenvalue weighted by Crippen LogP contribution is -2.42. The number of hydrogen-bond donors (Lipinski definition) is 2. The minimum Gasteiger partial charge on any atom is -0.481 e. The van der Waals surface area contributed by atoms with E-state index in [0.717, 1.165) is 0 Å². The predicted octanol–water partition coefficient (Wildman–Crippen LogP) is 0.988. The van der Waals surface area contributed by atoms with Gasteiger partial charge in [0.1, 0.15) is 11.6 Å². The SMILES string of the molecule is C=C1OCC(=O)N/C1=N/C(=C\C)N(C=O)CC(CNCCCc1c(F)cnc2ccc(=O)n(C)c12)OC. The molecule has 1 fully saturated rings. The Morgan fingerprint density at radius 2 is 2.24 bits per heavy atom. The van der Waals surface area contributed by atoms with Crippen molar-refractivity contribution in [1.82, 2.24) is 25.1 Å². The van der Waals surface area contributed by atoms with Crippen LogP contribution in [0.2, 0.25) is 0 Å². The van der Waals surface area contributed by atoms with Crippen molar-refractivity contribution in [2.45, 2.75) is 25.9 Å². The highest BCUT2D eigenvalue weighted by molar-refractivity contribution is 6.09. The van der Waals surface area contributed by atoms with E-state index in [9.17, 15) is 18.8 Å². The Bertz CT molecular complexity index is 1290. The number of allylic oxidation sites excluding steroid dienone is 1. The highest BCUT2D eigenvalue weighted by Crippen LogP contribution is 2.19. The molecule has 3 rings (SSSR count). The third kappa shape index (κ3) is 6.86. The van der Waals surface area contributed by atoms with Gasteiger partial charge in [0.15, 0.2) is 18.2 Å². The van der Waals surface area contributed by atoms with Gasteiger partial charge in [0.25, 0.3) is 11.5 Å². The second kappa shape index (κ2) is 12.9. The van der Waals surface area contributed by atoms with Crippen molar-refractivity contribution in [2.24, 2.45) is 12.0 Å². The van der Waals surface area contributed by atoms with E-state index in [0.29, 0.717) is 54.8 Å². The summed E-state index contributed by atoms with van der Waals surface area (Å²) in [6.45, 7) is 6.44. The fourth-order valence-electron chi connectivity index (χ4n) is 3.88. The van der Waals surface area contributed by atoms with E-state index in [1.54, 1.807) is 26.1 Å². The maximum atomic E-state index is 14.5. The number of morpholine rings is 1. The average molecular weight is 515 g/mol. The number of aromatic nitrogens is 2. The summed E-state index contributed by atoms with van der Waals surface area (Å²) in [5.41, 5.74) is 1.27. The summed E-state index contributed by atoms with van der Waals surface area (Å²) >= 11 is 0. The average Bonchev–Trinajstić information content (AvgIpc) is 2.89. The number of nitrogens with one attached hydrogen (secondary N) is 2. The van der Waals surface area contributed by atoms with E-state index in [4.69, 9.17) is 9.47 Å². The Balaban J connectivity index is 1.57. The van der Waals surface area contributed by atoms with Crippen LogP contribution in [0.15, 0.2) is 52.4 Å². The molecule has 0 spiro atoms. The molecule has 1 atom stereocenters. The summed E-state index contributed by atoms with van der Waals surface area (Å²) in [6.07, 6.45) is 4.05. The van der Waals surface area contributed by atoms with Crippen LogP contribution in [0, 0.1) is 5.82 Å². The van der Waals surface area contributed by atoms with Gasteiger partial charge in [0.2, 0.25) is 6.41 Å². The number of amides is 2. The van der Waals surface area contributed by atoms with E-state index in [1.807, 2.05) is 0 Å². The molecule has 0 aliphatic carbocycles. The zero-order chi connectivity index (χ0) is 26.9. The highest BCUT2D eigenvalue weighted by Gasteiger charge is 2.21. The van der Waals surface area contributed by atoms with Crippen molar-refractivity contribution in [3.05, 3.63) is 64.3 Å². The Labute approximate surface area is 213 Å². The topological polar surface area (TPSA) is 127 Å². The molecule has 12 heteroatoms. The van der Waals surface area contributed by atoms with Gasteiger partial charge < -0.3 is 24.7 Å². The molecule has 0 radical (unpaired) electrons. The maximum Gasteiger partial charge on any atom is 0.263 e. The molecule has 198 valence electrons. The fourth-order valence-corrected chi connectivity index (χ4v) is 3.88. The molecule has 1 aliphatic rings. The molecule has 0 aromatic carbocycles. The first-order valence-corrected chi connectivity index (χ1v) is 11.7. The number of carbonyl (C=O) groups is 2. The number of amidine groups is 1. The van der Waals surface area contributed by atoms with Crippen molar-refractivity contribution in [3.63, 3.8) is 0 Å². The van der Waals surface area contributed by atoms with Crippen LogP contribution < -0.4 is 16.2 Å². The molecule has 2 amide bonds. The van der Waals surface area contributed by atoms with Crippen LogP contribution >= 0.6 is 0 Å². The minimum absolute atomic E-state index is 0.136. The molecule has 2 aromatic heterocycles. The molecule has 3 heterocycles. The molecular formula is C25H31FN6O5. The highest BCUT2D eigenvalue weighted by atomic mass is 19.1. The molecule has 1 saturated heterocycles. The zero-order valence-corrected chi connectivity index (χ0v) is 21.1. The Hall–Kier alpha value is -3.90. The molecule has 2 aromatic rings. The first kappa shape index (κ1) is 27.7. The summed E-state index contributed by atoms with van der Waals surface area (Å²) < 4.78 is 26.6. The van der Waals surface area contributed by atoms with Gasteiger partial charge in [-0.25, -0.2) is 9.38 Å². The van der Waals surface area contributed by atoms with Crippen LogP contribution in [-0.2, 0) is 32.5 Å². The smallest absolute Gasteiger partial charge is 0.263 e. The van der Waals surface area contributed by atoms with Gasteiger partial charge in [-0.1, -0.05) is 6.58 Å². The normalized spacial score (nSPS) is 16.0. The summed E-state index contributed by atoms with van der Waals surface area (Å²) in [4.78, 5) is 45.2. The third-order valence-corrected chi connectivity index (χ3v) is 5.88. The number of carbonyl (C=O) groups excluding carboxylic acids is 2. The van der Waals surface area contributed by atoms with Crippen LogP contribution in [0.1, 0.15) is 18.9 Å². The largest absolute Gasteiger partial charge is 0.481 e. The molecule has 37 heavy (non-hydrogen) atoms. The molecule has 0 saturated carbocycles. The number of halogens is 1. The Morgan fingerprint density at radius 1 is 1.46 bits per heavy atom. The van der Waals surface area contributed by atoms with Gasteiger partial charge in [-0.15, -0.1) is 0 Å². The van der Waals surface area contributed by atoms with E-state index in [-0.39, 0.29) is 42.3 Å². The van der Waals surface area contributed by atoms with Gasteiger partial charge in [0, 0.05) is 32.3 Å². The van der Waals surface area contributed by atoms with Crippen molar-refractivity contribution in [1.29, 1.82) is 0 Å². The summed E-state index contributed by atoms with van der Waals surface area (Å²) in [5.74, 6) is -0.178. The third-order valence-electron chi connectivity index (χ3n) is 5.88. The Kier molecular flexibility index (Phi) is 9.64. The van der Waals surface area contributed by atoms with Crippen LogP contribution in [0.5, 0.6) is 0 Å². The molecule has 2 N–H and O–H groups in total. The van der Waals surface area contributed by atoms with Crippen LogP contribution in [-0.4, -0.2) is 72.1 Å². The number of rotatable bonds is 12. The van der Waals surface area contributed by atoms with E-state index >= 15 is 0 Å². The number of ether oxygens (including phenoxy) is 2. The maximum absolute atomic E-state index is 14.5. The summed E-state index contributed by atoms with van der Waals surface area (Å²) in [5, 5.41) is 5.83. The van der Waals surface area contributed by atoms with Crippen LogP contribution in [0.4, 0.5) is 4.39 Å². The minimum atomic E-state index is -0.451. The molecule has 1 unspecified atom stereocenters. The second-order valence-corrected chi connectivity index (χ2v) is 8.34. The number of fused-ring (bicyclic) bond motifs is 1. The molecule has 11 nitrogen and oxygen atoms in total. The monoisotopic (exact) mass is 514 g/mol. The molecule has 1 aliphatic heterocycles. The van der Waals surface area contributed by atoms with Crippen molar-refractivity contribution < 1.29 is 23.5 Å². The number of hydrogen-bond acceptors (Lipinski definition) is 8. The standard InChI is InChI=1S/C25H31FN6O5/c1-5-21(29-25-16(2)37-14-22(34)30-25)32(15-33)13-17(36-4)11-27-10-6-7-18-19(26)12-28-20-8-9-23(35)31(3)24(18)20/h5,8-9,12,15,17,27H,2,6-7,10-11,13-14H2,1,3-4H3,(H,29,30,34)/b21-5+. The Morgan fingerprint density at radius 3 is 2.95 bits per heavy atom. The van der Waals surface area contributed by atoms with Crippen molar-refractivity contribution >= 4 is 29.2 Å². The zero-order valence-electron chi connectivity index (χ0n) is 21.1. The second-order valence-electron chi connectivity index (χ2n) is 8.34. The predicted molar refractivity (Wildman–Crippen MR) is 136 cm³/mol. The number of nitrogens with zero attached hydrogens (tertiary/aromatic N) is 4. The van der Waals surface area contributed by atoms with Crippen LogP contribution in [0.3, 0.4) is 0 Å². The number of aryl methyl sites for hydroxylation is 2. The van der Waals surface area contributed by atoms with Gasteiger partial charge in [0.05, 0.1) is 29.9 Å². The van der Waals surface area contributed by atoms with E-state index in [2.05, 4.69) is 27.2 Å². The number of methoxy groups -OCH3 is 1. The molecule has 0 bridgehead atoms. The lowest BCUT2D eigenvalue weighted by molar-refractivity contribution is -0.123. The summed E-state index contributed by atoms with van der Waals surface area (Å²) in [7, 11) is 3.14. The van der Waals surface area contributed by atoms with Crippen molar-refractivity contribution in [2.75, 3.05) is 33.4 Å². The number of aliphatic imine (C=N–C) groups is 1. The quantitative estimate of drug-likeness (QED) is 0.319. The first-order chi connectivity index (χ1) is 17.8. The molecular weight excluding hydrogens is 483 g/mol. The van der Waals surface area contributed by atoms with Gasteiger partial charge in [-0.3, -0.25) is 24.3 Å². The van der Waals surface area contributed by atoms with Crippen molar-refractivity contribution in [3.8, 4) is 0 Å². The van der Waals surface area contributed by atoms with Crippen LogP contribution in [0.25, 0.3) is 11.0 Å². The number of pyridine rings is 2. The summed E-state index contributed by atoms with van der Waals surface area (Å²) in [6, 6.07) is 3.00. The lowest BCUT2D eigenvalue weighted by atomic mass is 10.1. The van der Waals surface area contributed by atoms with Gasteiger partial charge in [-0.05, 0) is 38.5 Å².